The van der Waals surface area contributed by atoms with Crippen LogP contribution in [0.3, 0.4) is 0 Å². The van der Waals surface area contributed by atoms with E-state index in [0.717, 1.165) is 80.5 Å². The Hall–Kier alpha value is -2.83. The van der Waals surface area contributed by atoms with Gasteiger partial charge < -0.3 is 15.5 Å². The van der Waals surface area contributed by atoms with Crippen molar-refractivity contribution in [3.8, 4) is 5.69 Å². The summed E-state index contributed by atoms with van der Waals surface area (Å²) in [7, 11) is 0. The molecule has 31 heavy (non-hydrogen) atoms. The number of para-hydroxylation sites is 1. The second-order valence-electron chi connectivity index (χ2n) is 8.06. The van der Waals surface area contributed by atoms with Crippen molar-refractivity contribution in [2.24, 2.45) is 4.99 Å². The number of amides is 1. The second-order valence-corrected chi connectivity index (χ2v) is 8.06. The standard InChI is InChI=1S/C24H36N6O/c1-4-25-24(26-15-11-17-29-16-10-6-9-14-23(29)31)27-18-22-19(2)28-30(20(22)3)21-12-7-5-8-13-21/h5,7-8,12-13H,4,6,9-11,14-18H2,1-3H3,(H2,25,26,27). The maximum Gasteiger partial charge on any atom is 0.222 e. The van der Waals surface area contributed by atoms with Crippen molar-refractivity contribution in [1.29, 1.82) is 0 Å². The Morgan fingerprint density at radius 2 is 1.94 bits per heavy atom. The minimum Gasteiger partial charge on any atom is -0.357 e. The Kier molecular flexibility index (Phi) is 8.50. The number of hydrogen-bond acceptors (Lipinski definition) is 3. The van der Waals surface area contributed by atoms with Crippen LogP contribution in [0.25, 0.3) is 5.69 Å². The molecule has 1 aromatic carbocycles. The molecular weight excluding hydrogens is 388 g/mol. The molecule has 1 saturated heterocycles. The van der Waals surface area contributed by atoms with Gasteiger partial charge in [-0.15, -0.1) is 0 Å². The van der Waals surface area contributed by atoms with Crippen molar-refractivity contribution in [3.05, 3.63) is 47.3 Å². The quantitative estimate of drug-likeness (QED) is 0.387. The molecule has 0 unspecified atom stereocenters. The number of aliphatic imine (C=N–C) groups is 1. The summed E-state index contributed by atoms with van der Waals surface area (Å²) < 4.78 is 1.98. The fourth-order valence-electron chi connectivity index (χ4n) is 3.98. The predicted octanol–water partition coefficient (Wildman–Crippen LogP) is 3.34. The van der Waals surface area contributed by atoms with Gasteiger partial charge in [0.15, 0.2) is 5.96 Å². The van der Waals surface area contributed by atoms with Crippen molar-refractivity contribution in [2.45, 2.75) is 59.4 Å². The Bertz CT molecular complexity index is 874. The number of hydrogen-bond donors (Lipinski definition) is 2. The lowest BCUT2D eigenvalue weighted by Gasteiger charge is -2.20. The van der Waals surface area contributed by atoms with Gasteiger partial charge in [-0.25, -0.2) is 9.67 Å². The fourth-order valence-corrected chi connectivity index (χ4v) is 3.98. The molecule has 168 valence electrons. The number of rotatable bonds is 8. The van der Waals surface area contributed by atoms with Gasteiger partial charge in [-0.05, 0) is 52.2 Å². The highest BCUT2D eigenvalue weighted by atomic mass is 16.2. The van der Waals surface area contributed by atoms with Crippen LogP contribution in [0.2, 0.25) is 0 Å². The van der Waals surface area contributed by atoms with Gasteiger partial charge in [-0.2, -0.15) is 5.10 Å². The van der Waals surface area contributed by atoms with Crippen molar-refractivity contribution < 1.29 is 4.79 Å². The third-order valence-electron chi connectivity index (χ3n) is 5.75. The molecule has 1 aromatic heterocycles. The van der Waals surface area contributed by atoms with E-state index in [0.29, 0.717) is 18.9 Å². The van der Waals surface area contributed by atoms with E-state index >= 15 is 0 Å². The summed E-state index contributed by atoms with van der Waals surface area (Å²) in [6.07, 6.45) is 4.94. The molecule has 0 saturated carbocycles. The summed E-state index contributed by atoms with van der Waals surface area (Å²) in [5, 5.41) is 11.4. The highest BCUT2D eigenvalue weighted by molar-refractivity contribution is 5.79. The summed E-state index contributed by atoms with van der Waals surface area (Å²) >= 11 is 0. The number of aromatic nitrogens is 2. The van der Waals surface area contributed by atoms with Crippen molar-refractivity contribution in [1.82, 2.24) is 25.3 Å². The number of aryl methyl sites for hydroxylation is 1. The maximum atomic E-state index is 12.1. The summed E-state index contributed by atoms with van der Waals surface area (Å²) in [4.78, 5) is 18.9. The van der Waals surface area contributed by atoms with Gasteiger partial charge in [0.05, 0.1) is 17.9 Å². The van der Waals surface area contributed by atoms with Crippen LogP contribution in [0.1, 0.15) is 56.0 Å². The van der Waals surface area contributed by atoms with E-state index in [1.807, 2.05) is 34.7 Å². The Labute approximate surface area is 185 Å². The molecule has 1 fully saturated rings. The molecule has 1 aliphatic rings. The molecule has 0 atom stereocenters. The topological polar surface area (TPSA) is 74.6 Å². The largest absolute Gasteiger partial charge is 0.357 e. The van der Waals surface area contributed by atoms with E-state index in [2.05, 4.69) is 36.6 Å². The minimum absolute atomic E-state index is 0.305. The molecule has 0 aliphatic carbocycles. The zero-order chi connectivity index (χ0) is 22.1. The molecule has 2 aromatic rings. The lowest BCUT2D eigenvalue weighted by molar-refractivity contribution is -0.130. The summed E-state index contributed by atoms with van der Waals surface area (Å²) in [6, 6.07) is 10.2. The number of likely N-dealkylation sites (tertiary alicyclic amines) is 1. The van der Waals surface area contributed by atoms with Crippen LogP contribution in [-0.2, 0) is 11.3 Å². The number of guanidine groups is 1. The van der Waals surface area contributed by atoms with E-state index in [1.165, 1.54) is 0 Å². The van der Waals surface area contributed by atoms with Crippen molar-refractivity contribution in [3.63, 3.8) is 0 Å². The highest BCUT2D eigenvalue weighted by Crippen LogP contribution is 2.18. The molecule has 7 heteroatoms. The monoisotopic (exact) mass is 424 g/mol. The number of nitrogens with zero attached hydrogens (tertiary/aromatic N) is 4. The highest BCUT2D eigenvalue weighted by Gasteiger charge is 2.16. The van der Waals surface area contributed by atoms with E-state index in [9.17, 15) is 4.79 Å². The van der Waals surface area contributed by atoms with Gasteiger partial charge in [-0.3, -0.25) is 4.79 Å². The van der Waals surface area contributed by atoms with Crippen LogP contribution < -0.4 is 10.6 Å². The third-order valence-corrected chi connectivity index (χ3v) is 5.75. The molecule has 7 nitrogen and oxygen atoms in total. The number of carbonyl (C=O) groups excluding carboxylic acids is 1. The minimum atomic E-state index is 0.305. The van der Waals surface area contributed by atoms with Crippen LogP contribution in [0.4, 0.5) is 0 Å². The molecule has 1 aliphatic heterocycles. The SMILES string of the molecule is CCNC(=NCc1c(C)nn(-c2ccccc2)c1C)NCCCN1CCCCCC1=O. The van der Waals surface area contributed by atoms with Gasteiger partial charge in [0.2, 0.25) is 5.91 Å². The van der Waals surface area contributed by atoms with Crippen molar-refractivity contribution in [2.75, 3.05) is 26.2 Å². The molecule has 2 heterocycles. The Morgan fingerprint density at radius 1 is 1.13 bits per heavy atom. The van der Waals surface area contributed by atoms with Crippen LogP contribution in [0.5, 0.6) is 0 Å². The lowest BCUT2D eigenvalue weighted by atomic mass is 10.2. The first-order valence-electron chi connectivity index (χ1n) is 11.5. The normalized spacial score (nSPS) is 15.1. The van der Waals surface area contributed by atoms with E-state index in [-0.39, 0.29) is 0 Å². The molecule has 1 amide bonds. The maximum absolute atomic E-state index is 12.1. The fraction of sp³-hybridized carbons (Fsp3) is 0.542. The second kappa shape index (κ2) is 11.5. The Morgan fingerprint density at radius 3 is 2.71 bits per heavy atom. The zero-order valence-corrected chi connectivity index (χ0v) is 19.2. The van der Waals surface area contributed by atoms with E-state index in [4.69, 9.17) is 10.1 Å². The lowest BCUT2D eigenvalue weighted by Crippen LogP contribution is -2.39. The first-order valence-corrected chi connectivity index (χ1v) is 11.5. The number of benzene rings is 1. The number of nitrogens with one attached hydrogen (secondary N) is 2. The van der Waals surface area contributed by atoms with E-state index in [1.54, 1.807) is 0 Å². The first-order chi connectivity index (χ1) is 15.1. The van der Waals surface area contributed by atoms with Crippen LogP contribution in [0, 0.1) is 13.8 Å². The van der Waals surface area contributed by atoms with Crippen LogP contribution in [0.15, 0.2) is 35.3 Å². The summed E-state index contributed by atoms with van der Waals surface area (Å²) in [5.41, 5.74) is 4.33. The molecule has 0 spiro atoms. The first kappa shape index (κ1) is 22.8. The van der Waals surface area contributed by atoms with Crippen LogP contribution in [-0.4, -0.2) is 52.7 Å². The zero-order valence-electron chi connectivity index (χ0n) is 19.2. The average molecular weight is 425 g/mol. The van der Waals surface area contributed by atoms with Gasteiger partial charge in [0.1, 0.15) is 0 Å². The van der Waals surface area contributed by atoms with Crippen molar-refractivity contribution >= 4 is 11.9 Å². The summed E-state index contributed by atoms with van der Waals surface area (Å²) in [5.74, 6) is 1.11. The Balaban J connectivity index is 1.57. The van der Waals surface area contributed by atoms with Crippen LogP contribution >= 0.6 is 0 Å². The summed E-state index contributed by atoms with van der Waals surface area (Å²) in [6.45, 7) is 10.1. The smallest absolute Gasteiger partial charge is 0.222 e. The molecule has 0 bridgehead atoms. The molecule has 2 N–H and O–H groups in total. The van der Waals surface area contributed by atoms with E-state index < -0.39 is 0 Å². The van der Waals surface area contributed by atoms with Gasteiger partial charge in [0.25, 0.3) is 0 Å². The predicted molar refractivity (Wildman–Crippen MR) is 126 cm³/mol. The molecular formula is C24H36N6O. The third kappa shape index (κ3) is 6.32. The molecule has 3 rings (SSSR count). The number of carbonyl (C=O) groups is 1. The van der Waals surface area contributed by atoms with Gasteiger partial charge >= 0.3 is 0 Å². The molecule has 0 radical (unpaired) electrons. The average Bonchev–Trinajstić information content (AvgIpc) is 2.92. The van der Waals surface area contributed by atoms with Gasteiger partial charge in [-0.1, -0.05) is 24.6 Å². The van der Waals surface area contributed by atoms with Gasteiger partial charge in [0, 0.05) is 43.9 Å².